The highest BCUT2D eigenvalue weighted by Gasteiger charge is 2.38. The molecule has 28 heavy (non-hydrogen) atoms. The van der Waals surface area contributed by atoms with E-state index in [9.17, 15) is 22.8 Å². The van der Waals surface area contributed by atoms with E-state index in [1.807, 2.05) is 11.4 Å². The van der Waals surface area contributed by atoms with Crippen LogP contribution in [-0.4, -0.2) is 37.7 Å². The van der Waals surface area contributed by atoms with E-state index in [1.165, 1.54) is 35.6 Å². The van der Waals surface area contributed by atoms with E-state index >= 15 is 0 Å². The highest BCUT2D eigenvalue weighted by Crippen LogP contribution is 2.17. The van der Waals surface area contributed by atoms with Crippen molar-refractivity contribution in [2.24, 2.45) is 11.1 Å². The SMILES string of the molecule is NS(=O)(=O)c1ccc(CNC(=O)C2CNC(=O)N(Cc3cccs3)C2=O)cc1. The lowest BCUT2D eigenvalue weighted by Gasteiger charge is -2.30. The van der Waals surface area contributed by atoms with Crippen LogP contribution in [0, 0.1) is 5.92 Å². The van der Waals surface area contributed by atoms with Crippen molar-refractivity contribution in [3.8, 4) is 0 Å². The van der Waals surface area contributed by atoms with Crippen LogP contribution in [0.15, 0.2) is 46.7 Å². The lowest BCUT2D eigenvalue weighted by atomic mass is 10.0. The Balaban J connectivity index is 1.62. The zero-order valence-corrected chi connectivity index (χ0v) is 16.3. The number of rotatable bonds is 6. The first kappa shape index (κ1) is 20.0. The number of amides is 4. The summed E-state index contributed by atoms with van der Waals surface area (Å²) in [5, 5.41) is 12.1. The van der Waals surface area contributed by atoms with Crippen LogP contribution >= 0.6 is 11.3 Å². The molecular formula is C17H18N4O5S2. The van der Waals surface area contributed by atoms with Crippen LogP contribution in [0.5, 0.6) is 0 Å². The summed E-state index contributed by atoms with van der Waals surface area (Å²) in [6.07, 6.45) is 0. The Labute approximate surface area is 165 Å². The summed E-state index contributed by atoms with van der Waals surface area (Å²) < 4.78 is 22.5. The van der Waals surface area contributed by atoms with Gasteiger partial charge in [-0.2, -0.15) is 0 Å². The van der Waals surface area contributed by atoms with Crippen molar-refractivity contribution >= 4 is 39.2 Å². The van der Waals surface area contributed by atoms with Crippen molar-refractivity contribution in [2.75, 3.05) is 6.54 Å². The molecule has 1 atom stereocenters. The van der Waals surface area contributed by atoms with Gasteiger partial charge in [-0.05, 0) is 29.1 Å². The van der Waals surface area contributed by atoms with Gasteiger partial charge in [0, 0.05) is 18.0 Å². The Kier molecular flexibility index (Phi) is 5.77. The van der Waals surface area contributed by atoms with Gasteiger partial charge in [0.05, 0.1) is 11.4 Å². The molecule has 0 aliphatic carbocycles. The van der Waals surface area contributed by atoms with Gasteiger partial charge in [0.25, 0.3) is 0 Å². The Hall–Kier alpha value is -2.76. The standard InChI is InChI=1S/C17H18N4O5S2/c18-28(25,26)13-5-3-11(4-6-13)8-19-15(22)14-9-20-17(24)21(16(14)23)10-12-2-1-7-27-12/h1-7,14H,8-10H2,(H,19,22)(H,20,24)(H2,18,25,26). The molecule has 2 aromatic rings. The molecule has 4 N–H and O–H groups in total. The van der Waals surface area contributed by atoms with Gasteiger partial charge in [0.15, 0.2) is 0 Å². The molecule has 1 aliphatic rings. The average molecular weight is 422 g/mol. The lowest BCUT2D eigenvalue weighted by Crippen LogP contribution is -2.58. The second kappa shape index (κ2) is 8.09. The number of thiophene rings is 1. The average Bonchev–Trinajstić information content (AvgIpc) is 3.16. The number of hydrogen-bond donors (Lipinski definition) is 3. The summed E-state index contributed by atoms with van der Waals surface area (Å²) in [6, 6.07) is 8.82. The molecule has 0 bridgehead atoms. The van der Waals surface area contributed by atoms with Gasteiger partial charge in [0.2, 0.25) is 21.8 Å². The number of nitrogens with one attached hydrogen (secondary N) is 2. The van der Waals surface area contributed by atoms with Crippen molar-refractivity contribution in [2.45, 2.75) is 18.0 Å². The predicted octanol–water partition coefficient (Wildman–Crippen LogP) is 0.380. The molecule has 9 nitrogen and oxygen atoms in total. The Morgan fingerprint density at radius 2 is 1.96 bits per heavy atom. The minimum Gasteiger partial charge on any atom is -0.351 e. The van der Waals surface area contributed by atoms with Crippen molar-refractivity contribution in [3.63, 3.8) is 0 Å². The van der Waals surface area contributed by atoms with E-state index in [2.05, 4.69) is 10.6 Å². The predicted molar refractivity (Wildman–Crippen MR) is 101 cm³/mol. The number of nitrogens with two attached hydrogens (primary N) is 1. The molecule has 0 spiro atoms. The molecule has 3 rings (SSSR count). The third-order valence-corrected chi connectivity index (χ3v) is 5.99. The van der Waals surface area contributed by atoms with Crippen LogP contribution in [-0.2, 0) is 32.7 Å². The van der Waals surface area contributed by atoms with Crippen LogP contribution in [0.1, 0.15) is 10.4 Å². The van der Waals surface area contributed by atoms with E-state index in [4.69, 9.17) is 5.14 Å². The Bertz CT molecular complexity index is 987. The minimum absolute atomic E-state index is 0.0306. The van der Waals surface area contributed by atoms with Gasteiger partial charge in [-0.25, -0.2) is 18.4 Å². The fourth-order valence-corrected chi connectivity index (χ4v) is 3.89. The fraction of sp³-hybridized carbons (Fsp3) is 0.235. The summed E-state index contributed by atoms with van der Waals surface area (Å²) in [6.45, 7) is 0.141. The van der Waals surface area contributed by atoms with Crippen molar-refractivity contribution in [3.05, 3.63) is 52.2 Å². The van der Waals surface area contributed by atoms with Crippen LogP contribution in [0.2, 0.25) is 0 Å². The number of urea groups is 1. The highest BCUT2D eigenvalue weighted by molar-refractivity contribution is 7.89. The Morgan fingerprint density at radius 3 is 2.57 bits per heavy atom. The minimum atomic E-state index is -3.79. The first-order chi connectivity index (χ1) is 13.3. The molecule has 1 saturated heterocycles. The van der Waals surface area contributed by atoms with E-state index < -0.39 is 33.8 Å². The normalized spacial score (nSPS) is 17.3. The number of sulfonamides is 1. The van der Waals surface area contributed by atoms with E-state index in [-0.39, 0.29) is 24.5 Å². The summed E-state index contributed by atoms with van der Waals surface area (Å²) in [4.78, 5) is 38.9. The van der Waals surface area contributed by atoms with Crippen LogP contribution in [0.4, 0.5) is 4.79 Å². The van der Waals surface area contributed by atoms with Gasteiger partial charge in [-0.3, -0.25) is 14.5 Å². The number of benzene rings is 1. The maximum atomic E-state index is 12.6. The number of carbonyl (C=O) groups is 3. The van der Waals surface area contributed by atoms with E-state index in [0.29, 0.717) is 5.56 Å². The highest BCUT2D eigenvalue weighted by atomic mass is 32.2. The molecule has 148 valence electrons. The van der Waals surface area contributed by atoms with Crippen LogP contribution in [0.3, 0.4) is 0 Å². The van der Waals surface area contributed by atoms with Crippen molar-refractivity contribution < 1.29 is 22.8 Å². The molecule has 1 aromatic heterocycles. The summed E-state index contributed by atoms with van der Waals surface area (Å²) >= 11 is 1.41. The second-order valence-electron chi connectivity index (χ2n) is 6.15. The fourth-order valence-electron chi connectivity index (χ4n) is 2.68. The van der Waals surface area contributed by atoms with Gasteiger partial charge in [-0.15, -0.1) is 11.3 Å². The van der Waals surface area contributed by atoms with Gasteiger partial charge in [-0.1, -0.05) is 18.2 Å². The molecule has 2 heterocycles. The zero-order chi connectivity index (χ0) is 20.3. The molecule has 1 fully saturated rings. The molecule has 11 heteroatoms. The van der Waals surface area contributed by atoms with Crippen molar-refractivity contribution in [1.29, 1.82) is 0 Å². The number of carbonyl (C=O) groups excluding carboxylic acids is 3. The molecule has 1 unspecified atom stereocenters. The molecule has 1 aromatic carbocycles. The lowest BCUT2D eigenvalue weighted by molar-refractivity contribution is -0.141. The maximum Gasteiger partial charge on any atom is 0.324 e. The number of hydrogen-bond acceptors (Lipinski definition) is 6. The number of nitrogens with zero attached hydrogens (tertiary/aromatic N) is 1. The topological polar surface area (TPSA) is 139 Å². The van der Waals surface area contributed by atoms with Crippen LogP contribution < -0.4 is 15.8 Å². The quantitative estimate of drug-likeness (QED) is 0.578. The number of primary sulfonamides is 1. The molecule has 0 radical (unpaired) electrons. The monoisotopic (exact) mass is 422 g/mol. The Morgan fingerprint density at radius 1 is 1.25 bits per heavy atom. The maximum absolute atomic E-state index is 12.6. The van der Waals surface area contributed by atoms with Gasteiger partial charge < -0.3 is 10.6 Å². The largest absolute Gasteiger partial charge is 0.351 e. The van der Waals surface area contributed by atoms with Crippen molar-refractivity contribution in [1.82, 2.24) is 15.5 Å². The third-order valence-electron chi connectivity index (χ3n) is 4.20. The van der Waals surface area contributed by atoms with E-state index in [0.717, 1.165) is 9.78 Å². The number of imide groups is 1. The second-order valence-corrected chi connectivity index (χ2v) is 8.74. The summed E-state index contributed by atoms with van der Waals surface area (Å²) in [5.74, 6) is -2.10. The van der Waals surface area contributed by atoms with Gasteiger partial charge in [0.1, 0.15) is 5.92 Å². The van der Waals surface area contributed by atoms with Crippen LogP contribution in [0.25, 0.3) is 0 Å². The third kappa shape index (κ3) is 4.55. The molecular weight excluding hydrogens is 404 g/mol. The summed E-state index contributed by atoms with van der Waals surface area (Å²) in [5.41, 5.74) is 0.642. The molecule has 0 saturated carbocycles. The molecule has 4 amide bonds. The zero-order valence-electron chi connectivity index (χ0n) is 14.6. The first-order valence-corrected chi connectivity index (χ1v) is 10.7. The van der Waals surface area contributed by atoms with Gasteiger partial charge >= 0.3 is 6.03 Å². The first-order valence-electron chi connectivity index (χ1n) is 8.27. The smallest absolute Gasteiger partial charge is 0.324 e. The molecule has 1 aliphatic heterocycles. The van der Waals surface area contributed by atoms with E-state index in [1.54, 1.807) is 6.07 Å². The summed E-state index contributed by atoms with van der Waals surface area (Å²) in [7, 11) is -3.79.